The van der Waals surface area contributed by atoms with Gasteiger partial charge >= 0.3 is 0 Å². The van der Waals surface area contributed by atoms with Gasteiger partial charge in [0.2, 0.25) is 0 Å². The Morgan fingerprint density at radius 1 is 1.47 bits per heavy atom. The summed E-state index contributed by atoms with van der Waals surface area (Å²) in [6.45, 7) is 6.53. The van der Waals surface area contributed by atoms with Crippen LogP contribution in [0.25, 0.3) is 0 Å². The van der Waals surface area contributed by atoms with Crippen LogP contribution in [0.3, 0.4) is 0 Å². The largest absolute Gasteiger partial charge is 0.366 e. The molecule has 1 aliphatic rings. The molecule has 3 nitrogen and oxygen atoms in total. The number of anilines is 1. The molecule has 0 aliphatic carbocycles. The molecule has 15 heavy (non-hydrogen) atoms. The Morgan fingerprint density at radius 2 is 2.33 bits per heavy atom. The van der Waals surface area contributed by atoms with E-state index in [0.717, 1.165) is 18.9 Å². The molecule has 0 aromatic carbocycles. The average molecular weight is 205 g/mol. The van der Waals surface area contributed by atoms with Crippen molar-refractivity contribution in [3.8, 4) is 0 Å². The van der Waals surface area contributed by atoms with Crippen LogP contribution in [0.15, 0.2) is 18.3 Å². The van der Waals surface area contributed by atoms with Crippen LogP contribution in [0.1, 0.15) is 31.7 Å². The third-order valence-corrected chi connectivity index (χ3v) is 2.87. The fourth-order valence-corrected chi connectivity index (χ4v) is 1.82. The summed E-state index contributed by atoms with van der Waals surface area (Å²) in [4.78, 5) is 4.42. The number of hydrogen-bond donors (Lipinski definition) is 2. The van der Waals surface area contributed by atoms with Crippen LogP contribution in [0.5, 0.6) is 0 Å². The minimum Gasteiger partial charge on any atom is -0.366 e. The van der Waals surface area contributed by atoms with Gasteiger partial charge in [-0.3, -0.25) is 0 Å². The highest BCUT2D eigenvalue weighted by Crippen LogP contribution is 2.15. The van der Waals surface area contributed by atoms with Gasteiger partial charge in [0.1, 0.15) is 5.82 Å². The normalized spacial score (nSPS) is 20.9. The predicted molar refractivity (Wildman–Crippen MR) is 63.2 cm³/mol. The molecule has 1 saturated heterocycles. The van der Waals surface area contributed by atoms with Gasteiger partial charge in [0, 0.05) is 18.8 Å². The Bertz CT molecular complexity index is 299. The van der Waals surface area contributed by atoms with Crippen molar-refractivity contribution < 1.29 is 0 Å². The SMILES string of the molecule is CC(C)c1ccc(N[C@H]2CCNC2)nc1. The maximum atomic E-state index is 4.42. The lowest BCUT2D eigenvalue weighted by Crippen LogP contribution is -2.22. The molecule has 3 heteroatoms. The van der Waals surface area contributed by atoms with Gasteiger partial charge in [0.25, 0.3) is 0 Å². The molecule has 1 aromatic heterocycles. The van der Waals surface area contributed by atoms with E-state index < -0.39 is 0 Å². The van der Waals surface area contributed by atoms with Crippen molar-refractivity contribution in [2.24, 2.45) is 0 Å². The molecule has 0 spiro atoms. The standard InChI is InChI=1S/C12H19N3/c1-9(2)10-3-4-12(14-7-10)15-11-5-6-13-8-11/h3-4,7,9,11,13H,5-6,8H2,1-2H3,(H,14,15)/t11-/m0/s1. The van der Waals surface area contributed by atoms with Gasteiger partial charge in [-0.15, -0.1) is 0 Å². The summed E-state index contributed by atoms with van der Waals surface area (Å²) >= 11 is 0. The fourth-order valence-electron chi connectivity index (χ4n) is 1.82. The van der Waals surface area contributed by atoms with E-state index in [-0.39, 0.29) is 0 Å². The van der Waals surface area contributed by atoms with E-state index in [2.05, 4.69) is 41.6 Å². The van der Waals surface area contributed by atoms with Crippen molar-refractivity contribution in [2.45, 2.75) is 32.2 Å². The second-order valence-electron chi connectivity index (χ2n) is 4.47. The van der Waals surface area contributed by atoms with Crippen LogP contribution in [-0.2, 0) is 0 Å². The smallest absolute Gasteiger partial charge is 0.126 e. The number of aromatic nitrogens is 1. The summed E-state index contributed by atoms with van der Waals surface area (Å²) in [5, 5.41) is 6.77. The second-order valence-corrected chi connectivity index (χ2v) is 4.47. The summed E-state index contributed by atoms with van der Waals surface area (Å²) in [5.41, 5.74) is 1.30. The zero-order valence-electron chi connectivity index (χ0n) is 9.46. The lowest BCUT2D eigenvalue weighted by Gasteiger charge is -2.12. The van der Waals surface area contributed by atoms with Crippen LogP contribution < -0.4 is 10.6 Å². The highest BCUT2D eigenvalue weighted by atomic mass is 15.1. The molecule has 0 bridgehead atoms. The van der Waals surface area contributed by atoms with Gasteiger partial charge in [-0.2, -0.15) is 0 Å². The molecule has 1 atom stereocenters. The van der Waals surface area contributed by atoms with Gasteiger partial charge in [-0.1, -0.05) is 19.9 Å². The first-order chi connectivity index (χ1) is 7.25. The van der Waals surface area contributed by atoms with Crippen molar-refractivity contribution in [3.63, 3.8) is 0 Å². The Balaban J connectivity index is 1.97. The summed E-state index contributed by atoms with van der Waals surface area (Å²) in [5.74, 6) is 1.55. The molecule has 0 saturated carbocycles. The van der Waals surface area contributed by atoms with Crippen LogP contribution in [-0.4, -0.2) is 24.1 Å². The lowest BCUT2D eigenvalue weighted by atomic mass is 10.1. The van der Waals surface area contributed by atoms with Crippen molar-refractivity contribution in [1.29, 1.82) is 0 Å². The monoisotopic (exact) mass is 205 g/mol. The maximum Gasteiger partial charge on any atom is 0.126 e. The van der Waals surface area contributed by atoms with Crippen LogP contribution in [0, 0.1) is 0 Å². The van der Waals surface area contributed by atoms with Gasteiger partial charge in [-0.25, -0.2) is 4.98 Å². The molecule has 1 fully saturated rings. The van der Waals surface area contributed by atoms with E-state index >= 15 is 0 Å². The van der Waals surface area contributed by atoms with E-state index in [4.69, 9.17) is 0 Å². The maximum absolute atomic E-state index is 4.42. The molecule has 2 N–H and O–H groups in total. The van der Waals surface area contributed by atoms with E-state index in [1.165, 1.54) is 12.0 Å². The van der Waals surface area contributed by atoms with Gasteiger partial charge in [-0.05, 0) is 30.5 Å². The third-order valence-electron chi connectivity index (χ3n) is 2.87. The van der Waals surface area contributed by atoms with Gasteiger partial charge < -0.3 is 10.6 Å². The van der Waals surface area contributed by atoms with Crippen molar-refractivity contribution in [3.05, 3.63) is 23.9 Å². The summed E-state index contributed by atoms with van der Waals surface area (Å²) < 4.78 is 0. The third kappa shape index (κ3) is 2.69. The summed E-state index contributed by atoms with van der Waals surface area (Å²) in [6.07, 6.45) is 3.16. The van der Waals surface area contributed by atoms with Gasteiger partial charge in [0.15, 0.2) is 0 Å². The summed E-state index contributed by atoms with van der Waals surface area (Å²) in [6, 6.07) is 4.78. The number of nitrogens with one attached hydrogen (secondary N) is 2. The minimum atomic E-state index is 0.544. The van der Waals surface area contributed by atoms with Crippen LogP contribution in [0.4, 0.5) is 5.82 Å². The van der Waals surface area contributed by atoms with Crippen LogP contribution in [0.2, 0.25) is 0 Å². The number of hydrogen-bond acceptors (Lipinski definition) is 3. The topological polar surface area (TPSA) is 37.0 Å². The first-order valence-corrected chi connectivity index (χ1v) is 5.69. The lowest BCUT2D eigenvalue weighted by molar-refractivity contribution is 0.786. The number of pyridine rings is 1. The van der Waals surface area contributed by atoms with Crippen molar-refractivity contribution in [1.82, 2.24) is 10.3 Å². The molecule has 2 heterocycles. The number of nitrogens with zero attached hydrogens (tertiary/aromatic N) is 1. The average Bonchev–Trinajstić information content (AvgIpc) is 2.71. The Kier molecular flexibility index (Phi) is 3.21. The van der Waals surface area contributed by atoms with E-state index in [1.54, 1.807) is 0 Å². The predicted octanol–water partition coefficient (Wildman–Crippen LogP) is 1.98. The van der Waals surface area contributed by atoms with E-state index in [9.17, 15) is 0 Å². The van der Waals surface area contributed by atoms with Crippen molar-refractivity contribution >= 4 is 5.82 Å². The molecule has 0 unspecified atom stereocenters. The molecule has 82 valence electrons. The molecule has 1 aromatic rings. The molecular weight excluding hydrogens is 186 g/mol. The molecule has 0 amide bonds. The first-order valence-electron chi connectivity index (χ1n) is 5.69. The Morgan fingerprint density at radius 3 is 2.87 bits per heavy atom. The quantitative estimate of drug-likeness (QED) is 0.792. The highest BCUT2D eigenvalue weighted by molar-refractivity contribution is 5.37. The van der Waals surface area contributed by atoms with Crippen LogP contribution >= 0.6 is 0 Å². The Hall–Kier alpha value is -1.09. The molecule has 0 radical (unpaired) electrons. The van der Waals surface area contributed by atoms with E-state index in [0.29, 0.717) is 12.0 Å². The molecule has 2 rings (SSSR count). The van der Waals surface area contributed by atoms with Gasteiger partial charge in [0.05, 0.1) is 0 Å². The molecule has 1 aliphatic heterocycles. The van der Waals surface area contributed by atoms with E-state index in [1.807, 2.05) is 6.20 Å². The zero-order valence-corrected chi connectivity index (χ0v) is 9.46. The second kappa shape index (κ2) is 4.62. The van der Waals surface area contributed by atoms with Crippen molar-refractivity contribution in [2.75, 3.05) is 18.4 Å². The number of rotatable bonds is 3. The minimum absolute atomic E-state index is 0.544. The highest BCUT2D eigenvalue weighted by Gasteiger charge is 2.13. The Labute approximate surface area is 91.3 Å². The molecular formula is C12H19N3. The first kappa shape index (κ1) is 10.4. The fraction of sp³-hybridized carbons (Fsp3) is 0.583. The zero-order chi connectivity index (χ0) is 10.7. The summed E-state index contributed by atoms with van der Waals surface area (Å²) in [7, 11) is 0.